The zero-order chi connectivity index (χ0) is 29.1. The minimum Gasteiger partial charge on any atom is -0.468 e. The van der Waals surface area contributed by atoms with Crippen molar-refractivity contribution in [2.24, 2.45) is 0 Å². The van der Waals surface area contributed by atoms with Gasteiger partial charge in [0.15, 0.2) is 4.90 Å². The van der Waals surface area contributed by atoms with Crippen LogP contribution in [0.15, 0.2) is 107 Å². The van der Waals surface area contributed by atoms with Gasteiger partial charge in [0.2, 0.25) is 0 Å². The zero-order valence-corrected chi connectivity index (χ0v) is 21.8. The molecule has 0 radical (unpaired) electrons. The molecule has 0 aliphatic rings. The maximum atomic E-state index is 14.0. The Labute approximate surface area is 232 Å². The molecular formula is C27H20FN5O7S. The van der Waals surface area contributed by atoms with Gasteiger partial charge < -0.3 is 4.42 Å². The van der Waals surface area contributed by atoms with E-state index in [1.54, 1.807) is 47.3 Å². The normalized spacial score (nSPS) is 11.6. The highest BCUT2D eigenvalue weighted by molar-refractivity contribution is 7.89. The van der Waals surface area contributed by atoms with Crippen molar-refractivity contribution in [3.63, 3.8) is 0 Å². The molecule has 0 saturated carbocycles. The fourth-order valence-corrected chi connectivity index (χ4v) is 5.72. The summed E-state index contributed by atoms with van der Waals surface area (Å²) in [6.45, 7) is -0.639. The molecule has 0 unspecified atom stereocenters. The SMILES string of the molecule is O=[N+]([O-])c1ccc(S(=O)(=O)N(Cc2ccco2)Cc2cn(-c3ccccc3)nc2-c2ccc(F)cc2)c([N+](=O)[O-])c1. The first-order chi connectivity index (χ1) is 19.6. The van der Waals surface area contributed by atoms with Crippen molar-refractivity contribution in [3.05, 3.63) is 135 Å². The van der Waals surface area contributed by atoms with Crippen LogP contribution < -0.4 is 0 Å². The smallest absolute Gasteiger partial charge is 0.296 e. The summed E-state index contributed by atoms with van der Waals surface area (Å²) in [6, 6.07) is 20.0. The highest BCUT2D eigenvalue weighted by atomic mass is 32.2. The second kappa shape index (κ2) is 11.1. The van der Waals surface area contributed by atoms with Crippen LogP contribution in [0.5, 0.6) is 0 Å². The topological polar surface area (TPSA) is 155 Å². The quantitative estimate of drug-likeness (QED) is 0.156. The number of sulfonamides is 1. The molecule has 0 atom stereocenters. The number of rotatable bonds is 10. The Morgan fingerprint density at radius 2 is 1.63 bits per heavy atom. The van der Waals surface area contributed by atoms with E-state index in [9.17, 15) is 33.0 Å². The second-order valence-corrected chi connectivity index (χ2v) is 10.7. The molecular weight excluding hydrogens is 557 g/mol. The number of nitrogens with zero attached hydrogens (tertiary/aromatic N) is 5. The first kappa shape index (κ1) is 27.4. The number of benzene rings is 3. The van der Waals surface area contributed by atoms with Crippen LogP contribution in [0.4, 0.5) is 15.8 Å². The average molecular weight is 578 g/mol. The van der Waals surface area contributed by atoms with E-state index in [0.29, 0.717) is 28.6 Å². The number of nitro groups is 2. The van der Waals surface area contributed by atoms with Gasteiger partial charge in [0.05, 0.1) is 40.1 Å². The standard InChI is InChI=1S/C27H20FN5O7S/c28-21-10-8-19(9-11-21)27-20(17-31(29-27)22-5-2-1-3-6-22)16-30(18-24-7-4-14-40-24)41(38,39)26-13-12-23(32(34)35)15-25(26)33(36)37/h1-15,17H,16,18H2. The Bertz CT molecular complexity index is 1820. The van der Waals surface area contributed by atoms with Crippen LogP contribution in [0.3, 0.4) is 0 Å². The van der Waals surface area contributed by atoms with E-state index in [-0.39, 0.29) is 18.8 Å². The van der Waals surface area contributed by atoms with Gasteiger partial charge in [0.1, 0.15) is 11.6 Å². The predicted octanol–water partition coefficient (Wildman–Crippen LogP) is 5.48. The summed E-state index contributed by atoms with van der Waals surface area (Å²) in [5, 5.41) is 27.6. The first-order valence-corrected chi connectivity index (χ1v) is 13.4. The van der Waals surface area contributed by atoms with Crippen molar-refractivity contribution in [1.29, 1.82) is 0 Å². The number of para-hydroxylation sites is 1. The maximum absolute atomic E-state index is 14.0. The van der Waals surface area contributed by atoms with Crippen LogP contribution in [-0.2, 0) is 23.1 Å². The Morgan fingerprint density at radius 3 is 2.27 bits per heavy atom. The minimum absolute atomic E-state index is 0.247. The van der Waals surface area contributed by atoms with E-state index in [0.717, 1.165) is 16.4 Å². The molecule has 14 heteroatoms. The van der Waals surface area contributed by atoms with Gasteiger partial charge >= 0.3 is 0 Å². The van der Waals surface area contributed by atoms with Crippen LogP contribution >= 0.6 is 0 Å². The summed E-state index contributed by atoms with van der Waals surface area (Å²) < 4.78 is 49.5. The molecule has 2 heterocycles. The lowest BCUT2D eigenvalue weighted by atomic mass is 10.1. The van der Waals surface area contributed by atoms with Crippen LogP contribution in [0.1, 0.15) is 11.3 Å². The molecule has 3 aromatic carbocycles. The molecule has 12 nitrogen and oxygen atoms in total. The fraction of sp³-hybridized carbons (Fsp3) is 0.0741. The minimum atomic E-state index is -4.64. The van der Waals surface area contributed by atoms with Gasteiger partial charge in [-0.3, -0.25) is 20.2 Å². The molecule has 0 N–H and O–H groups in total. The predicted molar refractivity (Wildman–Crippen MR) is 144 cm³/mol. The van der Waals surface area contributed by atoms with E-state index in [1.165, 1.54) is 30.5 Å². The molecule has 208 valence electrons. The van der Waals surface area contributed by atoms with Crippen LogP contribution in [-0.4, -0.2) is 32.4 Å². The summed E-state index contributed by atoms with van der Waals surface area (Å²) in [5.41, 5.74) is 0.367. The van der Waals surface area contributed by atoms with Gasteiger partial charge in [-0.2, -0.15) is 9.40 Å². The summed E-state index contributed by atoms with van der Waals surface area (Å²) >= 11 is 0. The number of halogens is 1. The third-order valence-electron chi connectivity index (χ3n) is 6.16. The third kappa shape index (κ3) is 5.73. The molecule has 0 fully saturated rings. The van der Waals surface area contributed by atoms with Crippen molar-refractivity contribution in [2.45, 2.75) is 18.0 Å². The lowest BCUT2D eigenvalue weighted by molar-refractivity contribution is -0.396. The molecule has 0 amide bonds. The zero-order valence-electron chi connectivity index (χ0n) is 21.0. The lowest BCUT2D eigenvalue weighted by Gasteiger charge is -2.21. The first-order valence-electron chi connectivity index (χ1n) is 12.0. The summed E-state index contributed by atoms with van der Waals surface area (Å²) in [4.78, 5) is 20.5. The highest BCUT2D eigenvalue weighted by Gasteiger charge is 2.35. The number of nitro benzene ring substituents is 2. The number of aromatic nitrogens is 2. The number of furan rings is 1. The number of hydrogen-bond acceptors (Lipinski definition) is 8. The average Bonchev–Trinajstić information content (AvgIpc) is 3.63. The number of hydrogen-bond donors (Lipinski definition) is 0. The van der Waals surface area contributed by atoms with Gasteiger partial charge in [-0.05, 0) is 54.6 Å². The van der Waals surface area contributed by atoms with Crippen LogP contribution in [0, 0.1) is 26.0 Å². The Balaban J connectivity index is 1.64. The number of non-ortho nitro benzene ring substituents is 1. The van der Waals surface area contributed by atoms with Gasteiger partial charge in [-0.15, -0.1) is 0 Å². The van der Waals surface area contributed by atoms with E-state index in [4.69, 9.17) is 4.42 Å². The Morgan fingerprint density at radius 1 is 0.902 bits per heavy atom. The van der Waals surface area contributed by atoms with E-state index >= 15 is 0 Å². The molecule has 41 heavy (non-hydrogen) atoms. The molecule has 0 aliphatic carbocycles. The molecule has 5 aromatic rings. The third-order valence-corrected chi connectivity index (χ3v) is 7.99. The van der Waals surface area contributed by atoms with Crippen LogP contribution in [0.2, 0.25) is 0 Å². The molecule has 0 aliphatic heterocycles. The summed E-state index contributed by atoms with van der Waals surface area (Å²) in [7, 11) is -4.64. The van der Waals surface area contributed by atoms with Crippen molar-refractivity contribution < 1.29 is 27.1 Å². The van der Waals surface area contributed by atoms with Crippen molar-refractivity contribution in [2.75, 3.05) is 0 Å². The fourth-order valence-electron chi connectivity index (χ4n) is 4.20. The monoisotopic (exact) mass is 577 g/mol. The van der Waals surface area contributed by atoms with Gasteiger partial charge in [-0.25, -0.2) is 17.5 Å². The van der Waals surface area contributed by atoms with E-state index < -0.39 is 42.0 Å². The van der Waals surface area contributed by atoms with Crippen molar-refractivity contribution in [3.8, 4) is 16.9 Å². The van der Waals surface area contributed by atoms with Gasteiger partial charge in [0.25, 0.3) is 21.4 Å². The van der Waals surface area contributed by atoms with Gasteiger partial charge in [0, 0.05) is 29.9 Å². The van der Waals surface area contributed by atoms with Gasteiger partial charge in [-0.1, -0.05) is 18.2 Å². The van der Waals surface area contributed by atoms with E-state index in [1.807, 2.05) is 6.07 Å². The van der Waals surface area contributed by atoms with Crippen molar-refractivity contribution >= 4 is 21.4 Å². The summed E-state index contributed by atoms with van der Waals surface area (Å²) in [5.74, 6) is -0.220. The largest absolute Gasteiger partial charge is 0.468 e. The Kier molecular flexibility index (Phi) is 7.42. The molecule has 0 bridgehead atoms. The van der Waals surface area contributed by atoms with Crippen molar-refractivity contribution in [1.82, 2.24) is 14.1 Å². The highest BCUT2D eigenvalue weighted by Crippen LogP contribution is 2.33. The lowest BCUT2D eigenvalue weighted by Crippen LogP contribution is -2.30. The molecule has 0 spiro atoms. The van der Waals surface area contributed by atoms with E-state index in [2.05, 4.69) is 5.10 Å². The Hall–Kier alpha value is -5.21. The van der Waals surface area contributed by atoms with Crippen LogP contribution in [0.25, 0.3) is 16.9 Å². The molecule has 5 rings (SSSR count). The maximum Gasteiger partial charge on any atom is 0.296 e. The molecule has 0 saturated heterocycles. The molecule has 2 aromatic heterocycles. The summed E-state index contributed by atoms with van der Waals surface area (Å²) in [6.07, 6.45) is 2.97. The second-order valence-electron chi connectivity index (χ2n) is 8.81.